The minimum absolute atomic E-state index is 0.0634. The van der Waals surface area contributed by atoms with Crippen LogP contribution in [-0.2, 0) is 20.7 Å². The molecule has 6 rings (SSSR count). The number of amides is 2. The van der Waals surface area contributed by atoms with Crippen LogP contribution in [-0.4, -0.2) is 36.6 Å². The van der Waals surface area contributed by atoms with Gasteiger partial charge in [-0.25, -0.2) is 4.79 Å². The molecule has 2 aromatic carbocycles. The lowest BCUT2D eigenvalue weighted by Gasteiger charge is -2.56. The van der Waals surface area contributed by atoms with Crippen molar-refractivity contribution in [3.8, 4) is 0 Å². The van der Waals surface area contributed by atoms with Crippen molar-refractivity contribution in [2.75, 3.05) is 12.4 Å². The summed E-state index contributed by atoms with van der Waals surface area (Å²) in [5, 5.41) is 9.79. The van der Waals surface area contributed by atoms with Crippen LogP contribution in [0.2, 0.25) is 0 Å². The van der Waals surface area contributed by atoms with Gasteiger partial charge in [-0.05, 0) is 49.3 Å². The molecule has 3 N–H and O–H groups in total. The van der Waals surface area contributed by atoms with Crippen LogP contribution in [0.25, 0.3) is 0 Å². The van der Waals surface area contributed by atoms with Crippen molar-refractivity contribution < 1.29 is 19.1 Å². The van der Waals surface area contributed by atoms with Gasteiger partial charge in [0.05, 0.1) is 12.7 Å². The summed E-state index contributed by atoms with van der Waals surface area (Å²) in [5.41, 5.74) is 1.95. The van der Waals surface area contributed by atoms with Crippen LogP contribution in [0.3, 0.4) is 0 Å². The molecule has 4 aliphatic rings. The Hall–Kier alpha value is -3.35. The van der Waals surface area contributed by atoms with Gasteiger partial charge in [0.15, 0.2) is 0 Å². The summed E-state index contributed by atoms with van der Waals surface area (Å²) in [6, 6.07) is 16.4. The molecule has 2 aromatic rings. The minimum atomic E-state index is -0.723. The van der Waals surface area contributed by atoms with Crippen LogP contribution >= 0.6 is 0 Å². The van der Waals surface area contributed by atoms with E-state index in [0.717, 1.165) is 24.1 Å². The monoisotopic (exact) mass is 447 g/mol. The van der Waals surface area contributed by atoms with Crippen molar-refractivity contribution in [2.24, 2.45) is 17.8 Å². The SMILES string of the molecule is COC(=O)[C@@H](Cc1ccccc1)NC(=O)[C@H]1C[C@@H]2CC[C@@H]1C[C@@]21NC(=O)c2ccccc2N1. The van der Waals surface area contributed by atoms with Gasteiger partial charge in [-0.3, -0.25) is 9.59 Å². The van der Waals surface area contributed by atoms with Crippen LogP contribution in [0.15, 0.2) is 54.6 Å². The second kappa shape index (κ2) is 8.54. The average Bonchev–Trinajstić information content (AvgIpc) is 2.84. The van der Waals surface area contributed by atoms with E-state index in [1.54, 1.807) is 0 Å². The molecule has 3 aliphatic carbocycles. The van der Waals surface area contributed by atoms with Crippen molar-refractivity contribution in [2.45, 2.75) is 43.8 Å². The third-order valence-corrected chi connectivity index (χ3v) is 7.56. The Labute approximate surface area is 193 Å². The van der Waals surface area contributed by atoms with E-state index in [-0.39, 0.29) is 29.6 Å². The number of esters is 1. The van der Waals surface area contributed by atoms with E-state index in [4.69, 9.17) is 4.74 Å². The summed E-state index contributed by atoms with van der Waals surface area (Å²) in [5.74, 6) is -0.528. The fourth-order valence-electron chi connectivity index (χ4n) is 5.93. The molecule has 0 saturated heterocycles. The van der Waals surface area contributed by atoms with Crippen molar-refractivity contribution in [1.29, 1.82) is 0 Å². The number of hydrogen-bond acceptors (Lipinski definition) is 5. The Morgan fingerprint density at radius 3 is 2.58 bits per heavy atom. The second-order valence-corrected chi connectivity index (χ2v) is 9.45. The molecule has 172 valence electrons. The van der Waals surface area contributed by atoms with Gasteiger partial charge >= 0.3 is 5.97 Å². The standard InChI is InChI=1S/C26H29N3O4/c1-33-25(32)22(13-16-7-3-2-4-8-16)27-23(30)20-14-18-12-11-17(20)15-26(18)28-21-10-6-5-9-19(21)24(31)29-26/h2-10,17-18,20,22,28H,11-15H2,1H3,(H,27,30)(H,29,31)/t17-,18+,20+,22-,26-/m1/s1. The molecule has 0 aromatic heterocycles. The fraction of sp³-hybridized carbons (Fsp3) is 0.423. The first-order valence-corrected chi connectivity index (χ1v) is 11.6. The van der Waals surface area contributed by atoms with Gasteiger partial charge < -0.3 is 20.7 Å². The molecule has 2 bridgehead atoms. The predicted molar refractivity (Wildman–Crippen MR) is 123 cm³/mol. The van der Waals surface area contributed by atoms with Crippen LogP contribution in [0, 0.1) is 17.8 Å². The topological polar surface area (TPSA) is 96.5 Å². The van der Waals surface area contributed by atoms with Crippen LogP contribution in [0.4, 0.5) is 5.69 Å². The van der Waals surface area contributed by atoms with Crippen LogP contribution < -0.4 is 16.0 Å². The molecule has 1 spiro atoms. The Morgan fingerprint density at radius 2 is 1.85 bits per heavy atom. The highest BCUT2D eigenvalue weighted by molar-refractivity contribution is 6.02. The van der Waals surface area contributed by atoms with Crippen LogP contribution in [0.5, 0.6) is 0 Å². The number of carbonyl (C=O) groups is 3. The van der Waals surface area contributed by atoms with Gasteiger partial charge in [-0.15, -0.1) is 0 Å². The second-order valence-electron chi connectivity index (χ2n) is 9.45. The van der Waals surface area contributed by atoms with Gasteiger partial charge in [-0.1, -0.05) is 42.5 Å². The molecule has 3 fully saturated rings. The smallest absolute Gasteiger partial charge is 0.328 e. The van der Waals surface area contributed by atoms with Gasteiger partial charge in [0.2, 0.25) is 5.91 Å². The summed E-state index contributed by atoms with van der Waals surface area (Å²) in [6.07, 6.45) is 3.64. The zero-order valence-electron chi connectivity index (χ0n) is 18.7. The first kappa shape index (κ1) is 21.5. The maximum Gasteiger partial charge on any atom is 0.328 e. The lowest BCUT2D eigenvalue weighted by Crippen LogP contribution is -2.68. The number of rotatable bonds is 5. The molecule has 33 heavy (non-hydrogen) atoms. The third-order valence-electron chi connectivity index (χ3n) is 7.56. The van der Waals surface area contributed by atoms with E-state index in [1.165, 1.54) is 7.11 Å². The van der Waals surface area contributed by atoms with Crippen molar-refractivity contribution in [3.63, 3.8) is 0 Å². The maximum atomic E-state index is 13.3. The Kier molecular flexibility index (Phi) is 5.56. The molecule has 3 saturated carbocycles. The normalized spacial score (nSPS) is 28.3. The Bertz CT molecular complexity index is 1070. The number of carbonyl (C=O) groups excluding carboxylic acids is 3. The lowest BCUT2D eigenvalue weighted by atomic mass is 9.58. The molecule has 1 heterocycles. The number of nitrogens with one attached hydrogen (secondary N) is 3. The van der Waals surface area contributed by atoms with E-state index in [1.807, 2.05) is 54.6 Å². The lowest BCUT2D eigenvalue weighted by molar-refractivity contribution is -0.147. The molecule has 0 radical (unpaired) electrons. The van der Waals surface area contributed by atoms with Gasteiger partial charge in [-0.2, -0.15) is 0 Å². The highest BCUT2D eigenvalue weighted by atomic mass is 16.5. The summed E-state index contributed by atoms with van der Waals surface area (Å²) in [6.45, 7) is 0. The molecule has 5 atom stereocenters. The molecule has 1 aliphatic heterocycles. The van der Waals surface area contributed by atoms with E-state index in [9.17, 15) is 14.4 Å². The highest BCUT2D eigenvalue weighted by Crippen LogP contribution is 2.51. The first-order chi connectivity index (χ1) is 16.0. The minimum Gasteiger partial charge on any atom is -0.467 e. The molecule has 0 unspecified atom stereocenters. The number of para-hydroxylation sites is 1. The molecular formula is C26H29N3O4. The van der Waals surface area contributed by atoms with E-state index in [0.29, 0.717) is 24.8 Å². The Balaban J connectivity index is 1.30. The number of fused-ring (bicyclic) bond motifs is 3. The van der Waals surface area contributed by atoms with Crippen molar-refractivity contribution >= 4 is 23.5 Å². The summed E-state index contributed by atoms with van der Waals surface area (Å²) in [7, 11) is 1.34. The third kappa shape index (κ3) is 3.96. The summed E-state index contributed by atoms with van der Waals surface area (Å²) >= 11 is 0. The van der Waals surface area contributed by atoms with E-state index in [2.05, 4.69) is 16.0 Å². The van der Waals surface area contributed by atoms with Gasteiger partial charge in [0, 0.05) is 23.9 Å². The number of ether oxygens (including phenoxy) is 1. The number of benzene rings is 2. The number of hydrogen-bond donors (Lipinski definition) is 3. The van der Waals surface area contributed by atoms with E-state index >= 15 is 0 Å². The van der Waals surface area contributed by atoms with E-state index < -0.39 is 17.7 Å². The predicted octanol–water partition coefficient (Wildman–Crippen LogP) is 2.87. The molecule has 2 amide bonds. The number of methoxy groups -OCH3 is 1. The first-order valence-electron chi connectivity index (χ1n) is 11.6. The number of anilines is 1. The van der Waals surface area contributed by atoms with Crippen molar-refractivity contribution in [3.05, 3.63) is 65.7 Å². The van der Waals surface area contributed by atoms with Gasteiger partial charge in [0.25, 0.3) is 5.91 Å². The average molecular weight is 448 g/mol. The molecule has 7 nitrogen and oxygen atoms in total. The largest absolute Gasteiger partial charge is 0.467 e. The maximum absolute atomic E-state index is 13.3. The fourth-order valence-corrected chi connectivity index (χ4v) is 5.93. The molecule has 7 heteroatoms. The zero-order chi connectivity index (χ0) is 23.0. The highest BCUT2D eigenvalue weighted by Gasteiger charge is 2.55. The van der Waals surface area contributed by atoms with Crippen LogP contribution in [0.1, 0.15) is 41.6 Å². The Morgan fingerprint density at radius 1 is 1.09 bits per heavy atom. The quantitative estimate of drug-likeness (QED) is 0.613. The van der Waals surface area contributed by atoms with Gasteiger partial charge in [0.1, 0.15) is 11.7 Å². The molecular weight excluding hydrogens is 418 g/mol. The zero-order valence-corrected chi connectivity index (χ0v) is 18.7. The summed E-state index contributed by atoms with van der Waals surface area (Å²) < 4.78 is 4.96. The van der Waals surface area contributed by atoms with Crippen molar-refractivity contribution in [1.82, 2.24) is 10.6 Å². The summed E-state index contributed by atoms with van der Waals surface area (Å²) in [4.78, 5) is 38.5.